The van der Waals surface area contributed by atoms with E-state index in [0.29, 0.717) is 30.4 Å². The Labute approximate surface area is 319 Å². The number of rotatable bonds is 7. The van der Waals surface area contributed by atoms with Gasteiger partial charge in [-0.25, -0.2) is 31.7 Å². The fourth-order valence-corrected chi connectivity index (χ4v) is 8.75. The predicted octanol–water partition coefficient (Wildman–Crippen LogP) is 4.42. The molecule has 2 aliphatic carbocycles. The van der Waals surface area contributed by atoms with E-state index >= 15 is 0 Å². The Morgan fingerprint density at radius 3 is 2.51 bits per heavy atom. The van der Waals surface area contributed by atoms with Gasteiger partial charge in [-0.05, 0) is 76.5 Å². The summed E-state index contributed by atoms with van der Waals surface area (Å²) in [4.78, 5) is 61.6. The van der Waals surface area contributed by atoms with Crippen LogP contribution in [-0.4, -0.2) is 90.1 Å². The van der Waals surface area contributed by atoms with E-state index in [1.54, 1.807) is 26.8 Å². The van der Waals surface area contributed by atoms with Crippen LogP contribution in [0.15, 0.2) is 36.5 Å². The SMILES string of the molecule is COc1cnc(O[C@@H]2C[C@H]3C(=O)N[C@]4(C(=O)NS(=O)(=O)C5(F)CC5)C[C@H]4/C=C\CC[C@H](C)C[C@@H](C)[C@H](NC(=O)OC(C)(C)C)C(=O)N3C2)c2cc(F)ccc12. The van der Waals surface area contributed by atoms with Crippen LogP contribution in [-0.2, 0) is 29.1 Å². The van der Waals surface area contributed by atoms with Gasteiger partial charge in [-0.2, -0.15) is 0 Å². The number of amides is 4. The quantitative estimate of drug-likeness (QED) is 0.340. The van der Waals surface area contributed by atoms with E-state index in [-0.39, 0.29) is 49.4 Å². The van der Waals surface area contributed by atoms with Gasteiger partial charge < -0.3 is 29.7 Å². The van der Waals surface area contributed by atoms with Crippen LogP contribution in [0.2, 0.25) is 0 Å². The van der Waals surface area contributed by atoms with Gasteiger partial charge in [0.2, 0.25) is 22.7 Å². The number of carbonyl (C=O) groups excluding carboxylic acids is 4. The zero-order valence-corrected chi connectivity index (χ0v) is 32.6. The average molecular weight is 790 g/mol. The molecule has 4 aliphatic rings. The van der Waals surface area contributed by atoms with Crippen molar-refractivity contribution in [3.05, 3.63) is 42.4 Å². The first kappa shape index (κ1) is 40.1. The maximum atomic E-state index is 14.8. The molecule has 1 aromatic heterocycles. The summed E-state index contributed by atoms with van der Waals surface area (Å²) in [6.45, 7) is 8.75. The van der Waals surface area contributed by atoms with Crippen molar-refractivity contribution >= 4 is 44.6 Å². The number of nitrogens with one attached hydrogen (secondary N) is 3. The zero-order chi connectivity index (χ0) is 40.1. The van der Waals surface area contributed by atoms with Gasteiger partial charge in [0.15, 0.2) is 0 Å². The number of allylic oxidation sites excluding steroid dienone is 1. The van der Waals surface area contributed by atoms with E-state index in [0.717, 1.165) is 0 Å². The summed E-state index contributed by atoms with van der Waals surface area (Å²) in [5, 5.41) is 3.71. The zero-order valence-electron chi connectivity index (χ0n) is 31.8. The van der Waals surface area contributed by atoms with Crippen LogP contribution in [0.3, 0.4) is 0 Å². The molecule has 17 heteroatoms. The molecule has 6 rings (SSSR count). The Hall–Kier alpha value is -4.54. The number of aromatic nitrogens is 1. The number of nitrogens with zero attached hydrogens (tertiary/aromatic N) is 2. The molecule has 1 aromatic carbocycles. The highest BCUT2D eigenvalue weighted by Crippen LogP contribution is 2.48. The smallest absolute Gasteiger partial charge is 0.408 e. The summed E-state index contributed by atoms with van der Waals surface area (Å²) in [6, 6.07) is 1.59. The molecule has 4 amide bonds. The van der Waals surface area contributed by atoms with Crippen molar-refractivity contribution in [1.82, 2.24) is 25.2 Å². The van der Waals surface area contributed by atoms with E-state index in [9.17, 15) is 36.4 Å². The summed E-state index contributed by atoms with van der Waals surface area (Å²) in [7, 11) is -3.25. The number of alkyl carbamates (subject to hydrolysis) is 1. The molecule has 3 N–H and O–H groups in total. The topological polar surface area (TPSA) is 182 Å². The predicted molar refractivity (Wildman–Crippen MR) is 196 cm³/mol. The molecule has 3 fully saturated rings. The number of halogens is 2. The van der Waals surface area contributed by atoms with Crippen LogP contribution in [0, 0.1) is 23.6 Å². The molecule has 0 radical (unpaired) electrons. The first-order chi connectivity index (χ1) is 25.8. The summed E-state index contributed by atoms with van der Waals surface area (Å²) < 4.78 is 73.9. The van der Waals surface area contributed by atoms with Gasteiger partial charge in [0.05, 0.1) is 25.2 Å². The Bertz CT molecular complexity index is 2000. The molecule has 7 atom stereocenters. The molecular formula is C38H49F2N5O9S. The first-order valence-electron chi connectivity index (χ1n) is 18.6. The van der Waals surface area contributed by atoms with E-state index in [1.807, 2.05) is 24.6 Å². The lowest BCUT2D eigenvalue weighted by molar-refractivity contribution is -0.142. The Morgan fingerprint density at radius 1 is 1.11 bits per heavy atom. The summed E-state index contributed by atoms with van der Waals surface area (Å²) >= 11 is 0. The molecule has 14 nitrogen and oxygen atoms in total. The molecule has 2 saturated carbocycles. The summed E-state index contributed by atoms with van der Waals surface area (Å²) in [5.41, 5.74) is -2.61. The lowest BCUT2D eigenvalue weighted by Gasteiger charge is -2.33. The highest BCUT2D eigenvalue weighted by molar-refractivity contribution is 7.91. The molecule has 55 heavy (non-hydrogen) atoms. The molecule has 1 saturated heterocycles. The molecule has 0 bridgehead atoms. The van der Waals surface area contributed by atoms with Gasteiger partial charge in [0.25, 0.3) is 15.9 Å². The number of pyridine rings is 1. The normalized spacial score (nSPS) is 30.1. The van der Waals surface area contributed by atoms with Gasteiger partial charge in [-0.3, -0.25) is 14.4 Å². The van der Waals surface area contributed by atoms with Gasteiger partial charge in [-0.15, -0.1) is 0 Å². The van der Waals surface area contributed by atoms with Crippen molar-refractivity contribution in [3.8, 4) is 11.6 Å². The van der Waals surface area contributed by atoms with Crippen LogP contribution < -0.4 is 24.8 Å². The molecule has 0 spiro atoms. The van der Waals surface area contributed by atoms with Gasteiger partial charge in [0.1, 0.15) is 40.9 Å². The van der Waals surface area contributed by atoms with Gasteiger partial charge in [0, 0.05) is 30.6 Å². The lowest BCUT2D eigenvalue weighted by Crippen LogP contribution is -2.59. The minimum absolute atomic E-state index is 0.0233. The number of benzene rings is 1. The van der Waals surface area contributed by atoms with Crippen molar-refractivity contribution < 1.29 is 50.6 Å². The minimum Gasteiger partial charge on any atom is -0.494 e. The second-order valence-corrected chi connectivity index (χ2v) is 18.3. The number of alkyl halides is 1. The molecule has 3 heterocycles. The fourth-order valence-electron chi connectivity index (χ4n) is 7.50. The number of fused-ring (bicyclic) bond motifs is 3. The fraction of sp³-hybridized carbons (Fsp3) is 0.605. The first-order valence-corrected chi connectivity index (χ1v) is 20.1. The van der Waals surface area contributed by atoms with Crippen LogP contribution in [0.25, 0.3) is 10.8 Å². The number of ether oxygens (including phenoxy) is 3. The van der Waals surface area contributed by atoms with Crippen molar-refractivity contribution in [2.24, 2.45) is 17.8 Å². The number of hydrogen-bond acceptors (Lipinski definition) is 10. The highest BCUT2D eigenvalue weighted by Gasteiger charge is 2.64. The Morgan fingerprint density at radius 2 is 1.84 bits per heavy atom. The van der Waals surface area contributed by atoms with Crippen molar-refractivity contribution in [1.29, 1.82) is 0 Å². The molecule has 2 aromatic rings. The van der Waals surface area contributed by atoms with Crippen molar-refractivity contribution in [2.45, 2.75) is 114 Å². The summed E-state index contributed by atoms with van der Waals surface area (Å²) in [6.07, 6.45) is 4.54. The van der Waals surface area contributed by atoms with E-state index in [1.165, 1.54) is 36.4 Å². The molecule has 2 aliphatic heterocycles. The second kappa shape index (κ2) is 14.8. The highest BCUT2D eigenvalue weighted by atomic mass is 32.2. The van der Waals surface area contributed by atoms with Gasteiger partial charge in [-0.1, -0.05) is 26.0 Å². The van der Waals surface area contributed by atoms with Crippen LogP contribution in [0.5, 0.6) is 11.6 Å². The third kappa shape index (κ3) is 8.50. The van der Waals surface area contributed by atoms with Crippen LogP contribution in [0.1, 0.15) is 79.6 Å². The summed E-state index contributed by atoms with van der Waals surface area (Å²) in [5.74, 6) is -3.57. The number of hydrogen-bond donors (Lipinski definition) is 3. The standard InChI is InChI=1S/C38H49F2N5O9S/c1-21-9-7-8-10-23-18-38(23,34(48)44-55(50,51)37(40)13-14-37)43-31(46)28-17-25(53-32-27-16-24(39)11-12-26(27)29(52-6)19-41-32)20-45(28)33(47)30(22(2)15-21)42-35(49)54-36(3,4)5/h8,10-12,16,19,21-23,25,28,30H,7,9,13-15,17-18,20H2,1-6H3,(H,42,49)(H,43,46)(H,44,48)/b10-8-/t21-,22+,23+,25+,28-,30-,38+/m0/s1. The third-order valence-electron chi connectivity index (χ3n) is 10.7. The van der Waals surface area contributed by atoms with Gasteiger partial charge >= 0.3 is 6.09 Å². The molecule has 0 unspecified atom stereocenters. The third-order valence-corrected chi connectivity index (χ3v) is 12.5. The average Bonchev–Trinajstić information content (AvgIpc) is 3.98. The number of sulfonamides is 1. The Balaban J connectivity index is 1.36. The lowest BCUT2D eigenvalue weighted by atomic mass is 9.88. The molecular weight excluding hydrogens is 741 g/mol. The van der Waals surface area contributed by atoms with Crippen molar-refractivity contribution in [2.75, 3.05) is 13.7 Å². The van der Waals surface area contributed by atoms with E-state index in [2.05, 4.69) is 15.6 Å². The number of carbonyl (C=O) groups is 4. The minimum atomic E-state index is -4.69. The Kier molecular flexibility index (Phi) is 10.8. The maximum absolute atomic E-state index is 14.8. The maximum Gasteiger partial charge on any atom is 0.408 e. The van der Waals surface area contributed by atoms with E-state index < -0.39 is 85.8 Å². The van der Waals surface area contributed by atoms with Crippen molar-refractivity contribution in [3.63, 3.8) is 0 Å². The largest absolute Gasteiger partial charge is 0.494 e. The van der Waals surface area contributed by atoms with Crippen LogP contribution >= 0.6 is 0 Å². The number of methoxy groups -OCH3 is 1. The molecule has 300 valence electrons. The van der Waals surface area contributed by atoms with E-state index in [4.69, 9.17) is 14.2 Å². The van der Waals surface area contributed by atoms with Crippen LogP contribution in [0.4, 0.5) is 13.6 Å². The second-order valence-electron chi connectivity index (χ2n) is 16.3. The monoisotopic (exact) mass is 789 g/mol.